The summed E-state index contributed by atoms with van der Waals surface area (Å²) in [6.45, 7) is 17.7. The van der Waals surface area contributed by atoms with Crippen LogP contribution in [0.2, 0.25) is 70.4 Å². The number of methoxy groups -OCH3 is 1. The molecule has 2 rings (SSSR count). The van der Waals surface area contributed by atoms with E-state index >= 15 is 0 Å². The van der Waals surface area contributed by atoms with Gasteiger partial charge >= 0.3 is 254 Å². The summed E-state index contributed by atoms with van der Waals surface area (Å²) in [4.78, 5) is 22.6. The molecule has 0 heterocycles. The number of allylic oxidation sites excluding steroid dienone is 3. The quantitative estimate of drug-likeness (QED) is 0.0881. The number of carboxylic acids is 2. The predicted molar refractivity (Wildman–Crippen MR) is 246 cm³/mol. The van der Waals surface area contributed by atoms with Crippen LogP contribution >= 0.6 is 0 Å². The molecule has 0 spiro atoms. The fourth-order valence-electron chi connectivity index (χ4n) is 7.12. The van der Waals surface area contributed by atoms with Crippen LogP contribution in [0.3, 0.4) is 0 Å². The summed E-state index contributed by atoms with van der Waals surface area (Å²) in [6, 6.07) is 10.3. The van der Waals surface area contributed by atoms with E-state index in [2.05, 4.69) is 87.5 Å². The van der Waals surface area contributed by atoms with E-state index in [9.17, 15) is 19.8 Å². The van der Waals surface area contributed by atoms with E-state index in [0.717, 1.165) is 5.57 Å². The van der Waals surface area contributed by atoms with Crippen molar-refractivity contribution < 1.29 is 32.0 Å². The molecular formula is C44H84Ge2O7SiSn. The van der Waals surface area contributed by atoms with E-state index in [1.54, 1.807) is 12.7 Å². The van der Waals surface area contributed by atoms with Crippen LogP contribution in [-0.4, -0.2) is 82.9 Å². The summed E-state index contributed by atoms with van der Waals surface area (Å²) in [5.74, 6) is 13.1. The second-order valence-electron chi connectivity index (χ2n) is 18.6. The molecule has 1 aliphatic rings. The third kappa shape index (κ3) is 21.6. The van der Waals surface area contributed by atoms with Gasteiger partial charge in [-0.15, -0.1) is 0 Å². The Kier molecular flexibility index (Phi) is 26.6. The summed E-state index contributed by atoms with van der Waals surface area (Å²) in [6.07, 6.45) is 14.5. The van der Waals surface area contributed by atoms with E-state index in [0.29, 0.717) is 18.8 Å². The molecule has 2 unspecified atom stereocenters. The predicted octanol–water partition coefficient (Wildman–Crippen LogP) is 13.6. The van der Waals surface area contributed by atoms with Gasteiger partial charge in [-0.3, -0.25) is 0 Å². The Bertz CT molecular complexity index is 1260. The van der Waals surface area contributed by atoms with Gasteiger partial charge in [0.25, 0.3) is 14.3 Å². The Morgan fingerprint density at radius 2 is 1.18 bits per heavy atom. The molecule has 0 fully saturated rings. The van der Waals surface area contributed by atoms with Crippen LogP contribution in [0.5, 0.6) is 0 Å². The summed E-state index contributed by atoms with van der Waals surface area (Å²) >= 11 is -6.98. The number of carbonyl (C=O) groups is 2. The molecule has 318 valence electrons. The average molecular weight is 1020 g/mol. The van der Waals surface area contributed by atoms with E-state index < -0.39 is 65.6 Å². The second kappa shape index (κ2) is 27.0. The van der Waals surface area contributed by atoms with Gasteiger partial charge in [-0.25, -0.2) is 0 Å². The maximum atomic E-state index is 11.3. The van der Waals surface area contributed by atoms with Crippen molar-refractivity contribution in [1.82, 2.24) is 0 Å². The first-order valence-electron chi connectivity index (χ1n) is 21.3. The van der Waals surface area contributed by atoms with Crippen molar-refractivity contribution in [2.45, 2.75) is 189 Å². The molecule has 7 nitrogen and oxygen atoms in total. The SMILES string of the molecule is CCC[CH2][Sn]([CH2]CCC)([CH2]CCC)[O]C1=C(C)CCCC1.COC(O[Si](C)(C)c1ccccc1)=C(C)C.[CH3][Ge]([CH3])([CH3])[CH](CC[CH](C(=O)O)[Ge]([CH3])([CH3])[CH3])C(=O)O. The summed E-state index contributed by atoms with van der Waals surface area (Å²) in [5.41, 5.74) is 2.64. The van der Waals surface area contributed by atoms with Crippen LogP contribution in [0, 0.1) is 0 Å². The van der Waals surface area contributed by atoms with Crippen molar-refractivity contribution in [3.63, 3.8) is 0 Å². The molecule has 1 aliphatic carbocycles. The van der Waals surface area contributed by atoms with Gasteiger partial charge in [0.15, 0.2) is 0 Å². The molecule has 0 amide bonds. The minimum atomic E-state index is -2.41. The van der Waals surface area contributed by atoms with Crippen molar-refractivity contribution in [2.24, 2.45) is 0 Å². The van der Waals surface area contributed by atoms with E-state index in [4.69, 9.17) is 12.2 Å². The number of rotatable bonds is 22. The third-order valence-corrected chi connectivity index (χ3v) is 37.0. The minimum absolute atomic E-state index is 0.295. The first kappa shape index (κ1) is 54.1. The van der Waals surface area contributed by atoms with Crippen LogP contribution in [-0.2, 0) is 21.8 Å². The first-order valence-corrected chi connectivity index (χ1v) is 46.4. The molecule has 11 heteroatoms. The van der Waals surface area contributed by atoms with Gasteiger partial charge in [0.05, 0.1) is 7.11 Å². The number of ether oxygens (including phenoxy) is 1. The average Bonchev–Trinajstić information content (AvgIpc) is 3.10. The molecular weight excluding hydrogens is 932 g/mol. The zero-order chi connectivity index (χ0) is 42.5. The zero-order valence-corrected chi connectivity index (χ0v) is 46.1. The van der Waals surface area contributed by atoms with Gasteiger partial charge in [0.2, 0.25) is 0 Å². The number of hydrogen-bond acceptors (Lipinski definition) is 5. The summed E-state index contributed by atoms with van der Waals surface area (Å²) < 4.78 is 22.1. The van der Waals surface area contributed by atoms with Crippen molar-refractivity contribution in [1.29, 1.82) is 0 Å². The normalized spacial score (nSPS) is 14.7. The van der Waals surface area contributed by atoms with Crippen LogP contribution in [0.1, 0.15) is 119 Å². The van der Waals surface area contributed by atoms with Crippen LogP contribution in [0.4, 0.5) is 0 Å². The fraction of sp³-hybridized carbons (Fsp3) is 0.727. The van der Waals surface area contributed by atoms with E-state index in [1.165, 1.54) is 88.5 Å². The molecule has 55 heavy (non-hydrogen) atoms. The molecule has 0 aromatic heterocycles. The van der Waals surface area contributed by atoms with Crippen molar-refractivity contribution in [3.8, 4) is 0 Å². The van der Waals surface area contributed by atoms with Crippen LogP contribution < -0.4 is 5.19 Å². The molecule has 0 bridgehead atoms. The number of aliphatic carboxylic acids is 2. The molecule has 1 aromatic rings. The van der Waals surface area contributed by atoms with Gasteiger partial charge < -0.3 is 9.16 Å². The van der Waals surface area contributed by atoms with Crippen molar-refractivity contribution in [3.05, 3.63) is 53.2 Å². The Labute approximate surface area is 349 Å². The van der Waals surface area contributed by atoms with Gasteiger partial charge in [0.1, 0.15) is 0 Å². The number of carboxylic acid groups (broad SMARTS) is 2. The van der Waals surface area contributed by atoms with Gasteiger partial charge in [-0.1, -0.05) is 30.3 Å². The third-order valence-electron chi connectivity index (χ3n) is 10.8. The fourth-order valence-corrected chi connectivity index (χ4v) is 30.3. The Hall–Kier alpha value is -0.859. The van der Waals surface area contributed by atoms with Gasteiger partial charge in [-0.2, -0.15) is 0 Å². The Morgan fingerprint density at radius 3 is 1.51 bits per heavy atom. The van der Waals surface area contributed by atoms with Gasteiger partial charge in [-0.05, 0) is 32.1 Å². The van der Waals surface area contributed by atoms with E-state index in [-0.39, 0.29) is 9.50 Å². The monoisotopic (exact) mass is 1020 g/mol. The van der Waals surface area contributed by atoms with Crippen molar-refractivity contribution in [2.75, 3.05) is 7.11 Å². The topological polar surface area (TPSA) is 102 Å². The Morgan fingerprint density at radius 1 is 0.764 bits per heavy atom. The molecule has 2 N–H and O–H groups in total. The van der Waals surface area contributed by atoms with Crippen molar-refractivity contribution >= 4 is 70.8 Å². The standard InChI is InChI=1S/C13H20O2Si.C12H26Ge2O4.C7H12O.3C4H9.Sn/c1-11(2)13(14-3)15-16(4,5)12-9-7-6-8-10-12;1-13(2,3)9(11(15)16)7-8-10(12(17)18)14(4,5)6;1-6-4-2-3-5-7(6)8;3*1-3-4-2;/h6-10H,1-5H3;9-10H,7-8H2,1-6H3,(H,15,16)(H,17,18);8H,2-5H2,1H3;3*1,3-4H2,2H3;/q;;;;;;+1/p-1. The number of unbranched alkanes of at least 4 members (excludes halogenated alkanes) is 3. The summed E-state index contributed by atoms with van der Waals surface area (Å²) in [5, 5.41) is 19.8. The molecule has 0 radical (unpaired) electrons. The molecule has 0 saturated carbocycles. The van der Waals surface area contributed by atoms with Gasteiger partial charge in [0, 0.05) is 5.57 Å². The summed E-state index contributed by atoms with van der Waals surface area (Å²) in [7, 11) is -0.259. The maximum absolute atomic E-state index is 11.3. The van der Waals surface area contributed by atoms with Crippen LogP contribution in [0.15, 0.2) is 53.2 Å². The first-order chi connectivity index (χ1) is 25.5. The molecule has 0 aliphatic heterocycles. The second-order valence-corrected chi connectivity index (χ2v) is 56.8. The zero-order valence-electron chi connectivity index (χ0n) is 38.1. The van der Waals surface area contributed by atoms with Crippen LogP contribution in [0.25, 0.3) is 0 Å². The Balaban J connectivity index is 0.000000803. The molecule has 2 atom stereocenters. The molecule has 0 saturated heterocycles. The molecule has 1 aromatic carbocycles. The number of benzene rings is 1. The number of hydrogen-bond donors (Lipinski definition) is 2. The van der Waals surface area contributed by atoms with E-state index in [1.807, 2.05) is 32.0 Å².